The van der Waals surface area contributed by atoms with Crippen LogP contribution in [0.4, 0.5) is 5.69 Å². The normalized spacial score (nSPS) is 43.7. The first-order chi connectivity index (χ1) is 12.1. The summed E-state index contributed by atoms with van der Waals surface area (Å²) in [6.45, 7) is 0. The van der Waals surface area contributed by atoms with Crippen molar-refractivity contribution >= 4 is 11.7 Å². The van der Waals surface area contributed by atoms with E-state index in [0.717, 1.165) is 17.5 Å². The van der Waals surface area contributed by atoms with E-state index in [2.05, 4.69) is 18.2 Å². The maximum atomic E-state index is 12.8. The molecule has 6 atom stereocenters. The zero-order valence-corrected chi connectivity index (χ0v) is 14.7. The Morgan fingerprint density at radius 3 is 2.68 bits per heavy atom. The molecule has 3 saturated carbocycles. The van der Waals surface area contributed by atoms with Crippen LogP contribution in [0.1, 0.15) is 29.6 Å². The Balaban J connectivity index is 1.29. The Hall–Kier alpha value is -2.03. The summed E-state index contributed by atoms with van der Waals surface area (Å²) < 4.78 is 6.12. The molecule has 5 aliphatic rings. The zero-order chi connectivity index (χ0) is 17.0. The predicted octanol–water partition coefficient (Wildman–Crippen LogP) is 3.82. The van der Waals surface area contributed by atoms with Gasteiger partial charge in [-0.3, -0.25) is 0 Å². The van der Waals surface area contributed by atoms with Crippen molar-refractivity contribution < 1.29 is 9.53 Å². The van der Waals surface area contributed by atoms with Crippen molar-refractivity contribution in [3.8, 4) is 0 Å². The maximum absolute atomic E-state index is 12.8. The molecular formula is C22H23NO2. The third-order valence-electron chi connectivity index (χ3n) is 7.93. The lowest BCUT2D eigenvalue weighted by Gasteiger charge is -2.35. The second kappa shape index (κ2) is 4.20. The number of fused-ring (bicyclic) bond motifs is 3. The van der Waals surface area contributed by atoms with Gasteiger partial charge in [0.25, 0.3) is 0 Å². The Morgan fingerprint density at radius 1 is 1.20 bits per heavy atom. The minimum Gasteiger partial charge on any atom is -0.454 e. The van der Waals surface area contributed by atoms with Crippen molar-refractivity contribution in [1.29, 1.82) is 0 Å². The summed E-state index contributed by atoms with van der Waals surface area (Å²) in [6, 6.07) is 7.72. The lowest BCUT2D eigenvalue weighted by Crippen LogP contribution is -2.33. The first-order valence-electron chi connectivity index (χ1n) is 9.47. The van der Waals surface area contributed by atoms with Crippen LogP contribution in [0.5, 0.6) is 0 Å². The van der Waals surface area contributed by atoms with E-state index in [9.17, 15) is 4.79 Å². The van der Waals surface area contributed by atoms with Crippen LogP contribution in [-0.2, 0) is 4.74 Å². The second-order valence-electron chi connectivity index (χ2n) is 8.73. The Morgan fingerprint density at radius 2 is 2.00 bits per heavy atom. The van der Waals surface area contributed by atoms with Crippen LogP contribution >= 0.6 is 0 Å². The van der Waals surface area contributed by atoms with Crippen LogP contribution in [0, 0.1) is 28.6 Å². The van der Waals surface area contributed by atoms with Gasteiger partial charge in [-0.2, -0.15) is 0 Å². The van der Waals surface area contributed by atoms with Gasteiger partial charge in [0.05, 0.1) is 5.56 Å². The zero-order valence-electron chi connectivity index (χ0n) is 14.7. The third kappa shape index (κ3) is 1.37. The number of rotatable bonds is 3. The van der Waals surface area contributed by atoms with E-state index in [1.807, 2.05) is 43.3 Å². The fourth-order valence-electron chi connectivity index (χ4n) is 7.02. The molecule has 0 N–H and O–H groups in total. The molecule has 5 aliphatic carbocycles. The predicted molar refractivity (Wildman–Crippen MR) is 96.4 cm³/mol. The van der Waals surface area contributed by atoms with E-state index < -0.39 is 0 Å². The highest BCUT2D eigenvalue weighted by Gasteiger charge is 2.91. The summed E-state index contributed by atoms with van der Waals surface area (Å²) in [5.74, 6) is 1.92. The van der Waals surface area contributed by atoms with E-state index in [0.29, 0.717) is 16.9 Å². The highest BCUT2D eigenvalue weighted by atomic mass is 16.5. The average Bonchev–Trinajstić information content (AvgIpc) is 2.81. The molecule has 3 fully saturated rings. The molecule has 0 saturated heterocycles. The van der Waals surface area contributed by atoms with Crippen LogP contribution < -0.4 is 4.90 Å². The fraction of sp³-hybridized carbons (Fsp3) is 0.500. The third-order valence-corrected chi connectivity index (χ3v) is 7.93. The number of ether oxygens (including phenoxy) is 1. The molecule has 0 aromatic heterocycles. The van der Waals surface area contributed by atoms with Gasteiger partial charge in [0.1, 0.15) is 6.10 Å². The number of anilines is 1. The SMILES string of the molecule is CN(C)c1ccc(C(=O)O[C@@H]2C=C3CCC34[C@H]3C5C=CC(C5)[C@]324)cc1. The Labute approximate surface area is 148 Å². The molecule has 3 heteroatoms. The molecular weight excluding hydrogens is 310 g/mol. The minimum absolute atomic E-state index is 0.0176. The van der Waals surface area contributed by atoms with Crippen molar-refractivity contribution in [2.45, 2.75) is 25.4 Å². The Bertz CT molecular complexity index is 851. The first-order valence-corrected chi connectivity index (χ1v) is 9.47. The van der Waals surface area contributed by atoms with E-state index in [-0.39, 0.29) is 17.5 Å². The summed E-state index contributed by atoms with van der Waals surface area (Å²) in [7, 11) is 4.00. The van der Waals surface area contributed by atoms with Gasteiger partial charge in [-0.15, -0.1) is 0 Å². The van der Waals surface area contributed by atoms with Gasteiger partial charge in [-0.1, -0.05) is 17.7 Å². The molecule has 3 nitrogen and oxygen atoms in total. The van der Waals surface area contributed by atoms with Crippen molar-refractivity contribution in [3.63, 3.8) is 0 Å². The van der Waals surface area contributed by atoms with Crippen LogP contribution in [0.2, 0.25) is 0 Å². The quantitative estimate of drug-likeness (QED) is 0.622. The van der Waals surface area contributed by atoms with Crippen molar-refractivity contribution in [2.75, 3.05) is 19.0 Å². The highest BCUT2D eigenvalue weighted by molar-refractivity contribution is 5.90. The fourth-order valence-corrected chi connectivity index (χ4v) is 7.02. The van der Waals surface area contributed by atoms with Crippen molar-refractivity contribution in [1.82, 2.24) is 0 Å². The van der Waals surface area contributed by atoms with E-state index >= 15 is 0 Å². The molecule has 1 aromatic carbocycles. The van der Waals surface area contributed by atoms with Gasteiger partial charge in [-0.05, 0) is 67.4 Å². The summed E-state index contributed by atoms with van der Waals surface area (Å²) >= 11 is 0. The second-order valence-corrected chi connectivity index (χ2v) is 8.73. The number of esters is 1. The monoisotopic (exact) mass is 333 g/mol. The molecule has 0 amide bonds. The van der Waals surface area contributed by atoms with Crippen LogP contribution in [0.15, 0.2) is 48.1 Å². The standard InChI is InChI=1S/C22H23NO2/c1-23(2)17-7-4-13(5-8-17)20(24)25-18-12-15-9-10-21(15)19-14-3-6-16(11-14)22(18,19)21/h3-8,12,14,16,18-19H,9-11H2,1-2H3/t14?,16?,18-,19-,21?,22-/m1/s1. The summed E-state index contributed by atoms with van der Waals surface area (Å²) in [4.78, 5) is 14.8. The van der Waals surface area contributed by atoms with Crippen LogP contribution in [0.25, 0.3) is 0 Å². The van der Waals surface area contributed by atoms with Crippen molar-refractivity contribution in [3.05, 3.63) is 53.6 Å². The highest BCUT2D eigenvalue weighted by Crippen LogP contribution is 2.93. The van der Waals surface area contributed by atoms with Gasteiger partial charge in [-0.25, -0.2) is 4.79 Å². The molecule has 6 rings (SSSR count). The molecule has 25 heavy (non-hydrogen) atoms. The van der Waals surface area contributed by atoms with Gasteiger partial charge >= 0.3 is 5.97 Å². The first kappa shape index (κ1) is 14.2. The van der Waals surface area contributed by atoms with Gasteiger partial charge in [0, 0.05) is 30.6 Å². The number of hydrogen-bond acceptors (Lipinski definition) is 3. The van der Waals surface area contributed by atoms with Gasteiger partial charge in [0.15, 0.2) is 0 Å². The molecule has 0 heterocycles. The maximum Gasteiger partial charge on any atom is 0.338 e. The van der Waals surface area contributed by atoms with E-state index in [1.165, 1.54) is 19.3 Å². The van der Waals surface area contributed by atoms with Gasteiger partial charge < -0.3 is 9.64 Å². The van der Waals surface area contributed by atoms with Crippen LogP contribution in [0.3, 0.4) is 0 Å². The Kier molecular flexibility index (Phi) is 2.38. The summed E-state index contributed by atoms with van der Waals surface area (Å²) in [6.07, 6.45) is 10.9. The van der Waals surface area contributed by atoms with E-state index in [4.69, 9.17) is 4.74 Å². The van der Waals surface area contributed by atoms with Crippen LogP contribution in [-0.4, -0.2) is 26.2 Å². The number of carbonyl (C=O) groups is 1. The lowest BCUT2D eigenvalue weighted by molar-refractivity contribution is 0.0137. The number of allylic oxidation sites excluding steroid dienone is 3. The lowest BCUT2D eigenvalue weighted by atomic mass is 9.68. The summed E-state index contributed by atoms with van der Waals surface area (Å²) in [5.41, 5.74) is 3.97. The van der Waals surface area contributed by atoms with E-state index in [1.54, 1.807) is 5.57 Å². The topological polar surface area (TPSA) is 29.5 Å². The largest absolute Gasteiger partial charge is 0.454 e. The minimum atomic E-state index is -0.171. The molecule has 0 aliphatic heterocycles. The number of hydrogen-bond donors (Lipinski definition) is 0. The molecule has 3 unspecified atom stereocenters. The summed E-state index contributed by atoms with van der Waals surface area (Å²) in [5, 5.41) is 0. The molecule has 0 radical (unpaired) electrons. The smallest absolute Gasteiger partial charge is 0.338 e. The number of carbonyl (C=O) groups excluding carboxylic acids is 1. The molecule has 128 valence electrons. The van der Waals surface area contributed by atoms with Crippen molar-refractivity contribution in [2.24, 2.45) is 28.6 Å². The number of benzene rings is 1. The molecule has 2 spiro atoms. The number of nitrogens with zero attached hydrogens (tertiary/aromatic N) is 1. The van der Waals surface area contributed by atoms with Gasteiger partial charge in [0.2, 0.25) is 0 Å². The molecule has 1 aromatic rings. The average molecular weight is 333 g/mol. The molecule has 2 bridgehead atoms.